The molecular formula is C17H23N. The summed E-state index contributed by atoms with van der Waals surface area (Å²) in [5.41, 5.74) is 4.51. The van der Waals surface area contributed by atoms with Crippen molar-refractivity contribution in [3.63, 3.8) is 0 Å². The number of nitrogens with one attached hydrogen (secondary N) is 1. The van der Waals surface area contributed by atoms with Crippen molar-refractivity contribution in [2.24, 2.45) is 11.8 Å². The molecule has 0 aromatic heterocycles. The normalized spacial score (nSPS) is 30.2. The number of hydrogen-bond donors (Lipinski definition) is 1. The highest BCUT2D eigenvalue weighted by Gasteiger charge is 2.55. The zero-order valence-corrected chi connectivity index (χ0v) is 11.4. The second-order valence-electron chi connectivity index (χ2n) is 6.06. The molecule has 0 heterocycles. The van der Waals surface area contributed by atoms with Crippen molar-refractivity contribution in [1.82, 2.24) is 5.32 Å². The van der Waals surface area contributed by atoms with Crippen molar-refractivity contribution in [1.29, 1.82) is 0 Å². The largest absolute Gasteiger partial charge is 0.316 e. The lowest BCUT2D eigenvalue weighted by molar-refractivity contribution is 0.462. The Morgan fingerprint density at radius 1 is 1.44 bits per heavy atom. The summed E-state index contributed by atoms with van der Waals surface area (Å²) in [5, 5.41) is 3.52. The van der Waals surface area contributed by atoms with Crippen LogP contribution in [0.5, 0.6) is 0 Å². The summed E-state index contributed by atoms with van der Waals surface area (Å²) in [6.07, 6.45) is 3.77. The molecule has 2 aliphatic carbocycles. The summed E-state index contributed by atoms with van der Waals surface area (Å²) in [6.45, 7) is 6.22. The first kappa shape index (κ1) is 12.0. The lowest BCUT2D eigenvalue weighted by Crippen LogP contribution is -2.28. The minimum absolute atomic E-state index is 0.614. The Balaban J connectivity index is 1.81. The predicted octanol–water partition coefficient (Wildman–Crippen LogP) is 3.52. The summed E-state index contributed by atoms with van der Waals surface area (Å²) in [5.74, 6) is 2.55. The Bertz CT molecular complexity index is 462. The van der Waals surface area contributed by atoms with Gasteiger partial charge in [-0.3, -0.25) is 0 Å². The van der Waals surface area contributed by atoms with E-state index in [9.17, 15) is 0 Å². The Kier molecular flexibility index (Phi) is 3.03. The van der Waals surface area contributed by atoms with Crippen molar-refractivity contribution >= 4 is 0 Å². The molecule has 1 fully saturated rings. The van der Waals surface area contributed by atoms with E-state index in [-0.39, 0.29) is 0 Å². The van der Waals surface area contributed by atoms with E-state index in [1.54, 1.807) is 11.1 Å². The van der Waals surface area contributed by atoms with Gasteiger partial charge in [0, 0.05) is 6.04 Å². The van der Waals surface area contributed by atoms with Gasteiger partial charge in [-0.15, -0.1) is 6.58 Å². The van der Waals surface area contributed by atoms with E-state index in [1.165, 1.54) is 18.4 Å². The molecule has 96 valence electrons. The molecule has 1 aromatic carbocycles. The van der Waals surface area contributed by atoms with E-state index in [2.05, 4.69) is 50.1 Å². The maximum atomic E-state index is 4.07. The highest BCUT2D eigenvalue weighted by atomic mass is 14.9. The van der Waals surface area contributed by atoms with Crippen molar-refractivity contribution < 1.29 is 0 Å². The average molecular weight is 241 g/mol. The zero-order chi connectivity index (χ0) is 12.7. The molecule has 18 heavy (non-hydrogen) atoms. The lowest BCUT2D eigenvalue weighted by Gasteiger charge is -2.16. The predicted molar refractivity (Wildman–Crippen MR) is 76.8 cm³/mol. The van der Waals surface area contributed by atoms with Gasteiger partial charge in [0.25, 0.3) is 0 Å². The van der Waals surface area contributed by atoms with Crippen molar-refractivity contribution in [3.05, 3.63) is 47.5 Å². The second-order valence-corrected chi connectivity index (χ2v) is 6.06. The third kappa shape index (κ3) is 1.91. The fourth-order valence-electron chi connectivity index (χ4n) is 3.97. The first-order chi connectivity index (χ1) is 8.72. The van der Waals surface area contributed by atoms with Gasteiger partial charge < -0.3 is 5.32 Å². The van der Waals surface area contributed by atoms with Crippen LogP contribution >= 0.6 is 0 Å². The van der Waals surface area contributed by atoms with E-state index in [1.807, 2.05) is 0 Å². The lowest BCUT2D eigenvalue weighted by atomic mass is 9.92. The number of aryl methyl sites for hydroxylation is 1. The van der Waals surface area contributed by atoms with Crippen LogP contribution in [0.3, 0.4) is 0 Å². The third-order valence-electron chi connectivity index (χ3n) is 4.79. The molecule has 4 unspecified atom stereocenters. The highest BCUT2D eigenvalue weighted by molar-refractivity contribution is 5.40. The van der Waals surface area contributed by atoms with Gasteiger partial charge in [0.15, 0.2) is 0 Å². The molecule has 0 aliphatic heterocycles. The third-order valence-corrected chi connectivity index (χ3v) is 4.79. The Morgan fingerprint density at radius 3 is 2.94 bits per heavy atom. The number of benzene rings is 1. The summed E-state index contributed by atoms with van der Waals surface area (Å²) < 4.78 is 0. The fraction of sp³-hybridized carbons (Fsp3) is 0.529. The molecule has 0 bridgehead atoms. The molecule has 1 N–H and O–H groups in total. The van der Waals surface area contributed by atoms with Crippen LogP contribution in [-0.4, -0.2) is 13.1 Å². The van der Waals surface area contributed by atoms with Gasteiger partial charge in [-0.05, 0) is 62.1 Å². The van der Waals surface area contributed by atoms with Crippen molar-refractivity contribution in [2.45, 2.75) is 38.1 Å². The summed E-state index contributed by atoms with van der Waals surface area (Å²) in [6, 6.07) is 9.65. The molecule has 0 saturated heterocycles. The monoisotopic (exact) mass is 241 g/mol. The minimum Gasteiger partial charge on any atom is -0.316 e. The maximum absolute atomic E-state index is 4.07. The fourth-order valence-corrected chi connectivity index (χ4v) is 3.97. The smallest absolute Gasteiger partial charge is 0.0138 e. The van der Waals surface area contributed by atoms with Gasteiger partial charge in [-0.2, -0.15) is 0 Å². The number of rotatable bonds is 4. The highest BCUT2D eigenvalue weighted by Crippen LogP contribution is 2.61. The van der Waals surface area contributed by atoms with Crippen molar-refractivity contribution in [3.8, 4) is 0 Å². The molecule has 0 amide bonds. The molecule has 1 nitrogen and oxygen atoms in total. The molecule has 0 spiro atoms. The van der Waals surface area contributed by atoms with Gasteiger partial charge >= 0.3 is 0 Å². The van der Waals surface area contributed by atoms with Crippen LogP contribution in [0, 0.1) is 11.8 Å². The van der Waals surface area contributed by atoms with E-state index in [4.69, 9.17) is 0 Å². The quantitative estimate of drug-likeness (QED) is 0.795. The number of fused-ring (bicyclic) bond motifs is 3. The van der Waals surface area contributed by atoms with Crippen LogP contribution in [0.15, 0.2) is 36.4 Å². The summed E-state index contributed by atoms with van der Waals surface area (Å²) in [7, 11) is 2.10. The van der Waals surface area contributed by atoms with Crippen LogP contribution in [0.4, 0.5) is 0 Å². The zero-order valence-electron chi connectivity index (χ0n) is 11.4. The van der Waals surface area contributed by atoms with Gasteiger partial charge in [-0.25, -0.2) is 0 Å². The standard InChI is InChI=1S/C17H23N/c1-11(2)10-15(18-3)17-14-9-8-12-6-4-5-7-13(12)16(14)17/h4-7,14-18H,1,8-10H2,2-3H3. The Morgan fingerprint density at radius 2 is 2.22 bits per heavy atom. The van der Waals surface area contributed by atoms with E-state index in [0.29, 0.717) is 6.04 Å². The summed E-state index contributed by atoms with van der Waals surface area (Å²) in [4.78, 5) is 0. The van der Waals surface area contributed by atoms with E-state index >= 15 is 0 Å². The number of hydrogen-bond acceptors (Lipinski definition) is 1. The second kappa shape index (κ2) is 4.55. The topological polar surface area (TPSA) is 12.0 Å². The molecule has 2 aliphatic rings. The molecule has 1 heteroatoms. The first-order valence-corrected chi connectivity index (χ1v) is 7.12. The molecule has 4 atom stereocenters. The van der Waals surface area contributed by atoms with E-state index < -0.39 is 0 Å². The SMILES string of the molecule is C=C(C)CC(NC)C1C2CCc3ccccc3C21. The van der Waals surface area contributed by atoms with Gasteiger partial charge in [0.1, 0.15) is 0 Å². The molecule has 1 saturated carbocycles. The molecular weight excluding hydrogens is 218 g/mol. The Hall–Kier alpha value is -1.08. The first-order valence-electron chi connectivity index (χ1n) is 7.12. The molecule has 3 rings (SSSR count). The van der Waals surface area contributed by atoms with Crippen LogP contribution in [0.25, 0.3) is 0 Å². The van der Waals surface area contributed by atoms with Crippen molar-refractivity contribution in [2.75, 3.05) is 7.05 Å². The molecule has 0 radical (unpaired) electrons. The minimum atomic E-state index is 0.614. The van der Waals surface area contributed by atoms with Crippen LogP contribution in [-0.2, 0) is 6.42 Å². The van der Waals surface area contributed by atoms with Crippen LogP contribution in [0.1, 0.15) is 36.8 Å². The Labute approximate surface area is 110 Å². The molecule has 1 aromatic rings. The van der Waals surface area contributed by atoms with Gasteiger partial charge in [0.05, 0.1) is 0 Å². The van der Waals surface area contributed by atoms with Gasteiger partial charge in [-0.1, -0.05) is 29.8 Å². The average Bonchev–Trinajstić information content (AvgIpc) is 3.10. The summed E-state index contributed by atoms with van der Waals surface area (Å²) >= 11 is 0. The van der Waals surface area contributed by atoms with Crippen LogP contribution in [0.2, 0.25) is 0 Å². The van der Waals surface area contributed by atoms with Crippen LogP contribution < -0.4 is 5.32 Å². The van der Waals surface area contributed by atoms with E-state index in [0.717, 1.165) is 24.2 Å². The maximum Gasteiger partial charge on any atom is 0.0138 e. The van der Waals surface area contributed by atoms with Gasteiger partial charge in [0.2, 0.25) is 0 Å².